The van der Waals surface area contributed by atoms with Crippen LogP contribution in [-0.2, 0) is 16.1 Å². The van der Waals surface area contributed by atoms with Gasteiger partial charge in [0.15, 0.2) is 5.17 Å². The van der Waals surface area contributed by atoms with E-state index in [1.54, 1.807) is 0 Å². The quantitative estimate of drug-likeness (QED) is 0.252. The van der Waals surface area contributed by atoms with Crippen molar-refractivity contribution < 1.29 is 14.0 Å². The fourth-order valence-electron chi connectivity index (χ4n) is 4.58. The molecule has 1 aliphatic rings. The normalized spacial score (nSPS) is 14.0. The molecule has 2 amide bonds. The van der Waals surface area contributed by atoms with Crippen molar-refractivity contribution in [3.8, 4) is 33.9 Å². The molecule has 7 nitrogen and oxygen atoms in total. The summed E-state index contributed by atoms with van der Waals surface area (Å²) in [5.74, 6) is -0.340. The topological polar surface area (TPSA) is 79.6 Å². The molecule has 0 spiro atoms. The number of aliphatic imine (C=N–C) groups is 1. The number of aromatic nitrogens is 2. The van der Waals surface area contributed by atoms with Crippen LogP contribution in [-0.4, -0.2) is 37.3 Å². The Morgan fingerprint density at radius 3 is 2.05 bits per heavy atom. The van der Waals surface area contributed by atoms with Crippen molar-refractivity contribution in [1.82, 2.24) is 20.0 Å². The van der Waals surface area contributed by atoms with E-state index in [0.29, 0.717) is 16.7 Å². The van der Waals surface area contributed by atoms with Gasteiger partial charge in [0.05, 0.1) is 22.8 Å². The molecule has 41 heavy (non-hydrogen) atoms. The molecule has 6 rings (SSSR count). The van der Waals surface area contributed by atoms with E-state index in [4.69, 9.17) is 4.98 Å². The highest BCUT2D eigenvalue weighted by Crippen LogP contribution is 2.36. The van der Waals surface area contributed by atoms with Crippen molar-refractivity contribution in [3.63, 3.8) is 0 Å². The van der Waals surface area contributed by atoms with Crippen molar-refractivity contribution in [2.24, 2.45) is 4.99 Å². The van der Waals surface area contributed by atoms with E-state index in [2.05, 4.69) is 10.4 Å². The van der Waals surface area contributed by atoms with Gasteiger partial charge in [-0.25, -0.2) is 14.4 Å². The highest BCUT2D eigenvalue weighted by atomic mass is 32.2. The summed E-state index contributed by atoms with van der Waals surface area (Å²) < 4.78 is 15.2. The molecule has 1 aromatic heterocycles. The Labute approximate surface area is 240 Å². The first-order valence-electron chi connectivity index (χ1n) is 12.9. The van der Waals surface area contributed by atoms with Gasteiger partial charge in [-0.1, -0.05) is 103 Å². The zero-order valence-electron chi connectivity index (χ0n) is 21.8. The van der Waals surface area contributed by atoms with E-state index < -0.39 is 5.91 Å². The third-order valence-electron chi connectivity index (χ3n) is 6.45. The average molecular weight is 562 g/mol. The number of thioether (sulfide) groups is 1. The molecule has 0 radical (unpaired) electrons. The first kappa shape index (κ1) is 26.2. The zero-order chi connectivity index (χ0) is 28.2. The van der Waals surface area contributed by atoms with Crippen LogP contribution in [0.25, 0.3) is 33.9 Å². The van der Waals surface area contributed by atoms with E-state index in [1.165, 1.54) is 36.0 Å². The minimum Gasteiger partial charge on any atom is -0.314 e. The number of benzene rings is 4. The fourth-order valence-corrected chi connectivity index (χ4v) is 5.41. The number of nitrogens with one attached hydrogen (secondary N) is 1. The lowest BCUT2D eigenvalue weighted by molar-refractivity contribution is -0.134. The first-order valence-corrected chi connectivity index (χ1v) is 13.9. The number of imidazole rings is 1. The number of amides is 2. The van der Waals surface area contributed by atoms with Crippen LogP contribution < -0.4 is 5.43 Å². The van der Waals surface area contributed by atoms with Gasteiger partial charge in [0.2, 0.25) is 0 Å². The Kier molecular flexibility index (Phi) is 7.42. The second-order valence-corrected chi connectivity index (χ2v) is 10.2. The maximum Gasteiger partial charge on any atom is 0.258 e. The number of halogens is 1. The SMILES string of the molecule is O=C(Cn1c(-c2ccccc2)nc(-c2ccccc2)c1-c1ccccc1)NN1C(=O)CSC1=Nc1ccc(F)cc1. The molecule has 2 heterocycles. The summed E-state index contributed by atoms with van der Waals surface area (Å²) in [6.45, 7) is -0.105. The Hall–Kier alpha value is -5.02. The zero-order valence-corrected chi connectivity index (χ0v) is 22.6. The number of amidine groups is 1. The number of hydrazine groups is 1. The molecule has 0 aliphatic carbocycles. The predicted molar refractivity (Wildman–Crippen MR) is 159 cm³/mol. The van der Waals surface area contributed by atoms with E-state index in [9.17, 15) is 14.0 Å². The fraction of sp³-hybridized carbons (Fsp3) is 0.0625. The van der Waals surface area contributed by atoms with Crippen LogP contribution >= 0.6 is 11.8 Å². The second-order valence-electron chi connectivity index (χ2n) is 9.24. The standard InChI is InChI=1S/C32H24FN5O2S/c33-25-16-18-26(19-17-25)34-32-38(28(40)21-41-32)36-27(39)20-37-30(23-12-6-2-7-13-23)29(22-10-4-1-5-11-22)35-31(37)24-14-8-3-9-15-24/h1-19H,20-21H2,(H,36,39). The number of hydrogen-bond donors (Lipinski definition) is 1. The van der Waals surface area contributed by atoms with Crippen molar-refractivity contribution in [1.29, 1.82) is 0 Å². The van der Waals surface area contributed by atoms with Gasteiger partial charge in [-0.2, -0.15) is 5.01 Å². The van der Waals surface area contributed by atoms with Gasteiger partial charge in [0.1, 0.15) is 18.2 Å². The lowest BCUT2D eigenvalue weighted by atomic mass is 10.0. The van der Waals surface area contributed by atoms with Gasteiger partial charge in [-0.05, 0) is 24.3 Å². The van der Waals surface area contributed by atoms with E-state index in [-0.39, 0.29) is 24.0 Å². The predicted octanol–water partition coefficient (Wildman–Crippen LogP) is 6.32. The number of nitrogens with zero attached hydrogens (tertiary/aromatic N) is 4. The van der Waals surface area contributed by atoms with Crippen LogP contribution in [0.4, 0.5) is 10.1 Å². The Balaban J connectivity index is 1.40. The molecule has 202 valence electrons. The summed E-state index contributed by atoms with van der Waals surface area (Å²) in [4.78, 5) is 35.8. The maximum absolute atomic E-state index is 13.6. The van der Waals surface area contributed by atoms with Gasteiger partial charge in [-0.3, -0.25) is 15.0 Å². The lowest BCUT2D eigenvalue weighted by Crippen LogP contribution is -2.46. The third-order valence-corrected chi connectivity index (χ3v) is 7.37. The molecule has 1 N–H and O–H groups in total. The van der Waals surface area contributed by atoms with Crippen molar-refractivity contribution >= 4 is 34.4 Å². The number of rotatable bonds is 7. The summed E-state index contributed by atoms with van der Waals surface area (Å²) >= 11 is 1.21. The monoisotopic (exact) mass is 561 g/mol. The van der Waals surface area contributed by atoms with E-state index in [1.807, 2.05) is 95.6 Å². The first-order chi connectivity index (χ1) is 20.1. The summed E-state index contributed by atoms with van der Waals surface area (Å²) in [7, 11) is 0. The number of hydrogen-bond acceptors (Lipinski definition) is 5. The van der Waals surface area contributed by atoms with Crippen LogP contribution in [0.2, 0.25) is 0 Å². The van der Waals surface area contributed by atoms with Crippen LogP contribution in [0.3, 0.4) is 0 Å². The molecule has 0 saturated carbocycles. The minimum atomic E-state index is -0.418. The summed E-state index contributed by atoms with van der Waals surface area (Å²) in [6.07, 6.45) is 0. The highest BCUT2D eigenvalue weighted by molar-refractivity contribution is 8.15. The van der Waals surface area contributed by atoms with Gasteiger partial charge in [0.25, 0.3) is 11.8 Å². The minimum absolute atomic E-state index is 0.105. The second kappa shape index (κ2) is 11.6. The molecule has 0 unspecified atom stereocenters. The summed E-state index contributed by atoms with van der Waals surface area (Å²) in [5.41, 5.74) is 7.42. The smallest absolute Gasteiger partial charge is 0.258 e. The number of carbonyl (C=O) groups excluding carboxylic acids is 2. The molecule has 9 heteroatoms. The Morgan fingerprint density at radius 2 is 1.41 bits per heavy atom. The molecule has 0 bridgehead atoms. The number of carbonyl (C=O) groups is 2. The van der Waals surface area contributed by atoms with Gasteiger partial charge in [-0.15, -0.1) is 0 Å². The average Bonchev–Trinajstić information content (AvgIpc) is 3.55. The third kappa shape index (κ3) is 5.66. The van der Waals surface area contributed by atoms with Crippen molar-refractivity contribution in [2.75, 3.05) is 5.75 Å². The molecule has 0 atom stereocenters. The largest absolute Gasteiger partial charge is 0.314 e. The van der Waals surface area contributed by atoms with Gasteiger partial charge >= 0.3 is 0 Å². The summed E-state index contributed by atoms with van der Waals surface area (Å²) in [5, 5.41) is 1.48. The Bertz CT molecular complexity index is 1720. The van der Waals surface area contributed by atoms with Crippen LogP contribution in [0.5, 0.6) is 0 Å². The molecule has 5 aromatic rings. The van der Waals surface area contributed by atoms with Crippen LogP contribution in [0, 0.1) is 5.82 Å². The van der Waals surface area contributed by atoms with Crippen molar-refractivity contribution in [3.05, 3.63) is 121 Å². The van der Waals surface area contributed by atoms with E-state index in [0.717, 1.165) is 33.1 Å². The van der Waals surface area contributed by atoms with E-state index >= 15 is 0 Å². The van der Waals surface area contributed by atoms with Crippen LogP contribution in [0.1, 0.15) is 0 Å². The molecule has 1 saturated heterocycles. The highest BCUT2D eigenvalue weighted by Gasteiger charge is 2.31. The molecule has 1 aliphatic heterocycles. The lowest BCUT2D eigenvalue weighted by Gasteiger charge is -2.19. The van der Waals surface area contributed by atoms with Crippen molar-refractivity contribution in [2.45, 2.75) is 6.54 Å². The van der Waals surface area contributed by atoms with Crippen LogP contribution in [0.15, 0.2) is 120 Å². The summed E-state index contributed by atoms with van der Waals surface area (Å²) in [6, 6.07) is 35.0. The van der Waals surface area contributed by atoms with Gasteiger partial charge in [0, 0.05) is 16.7 Å². The molecular formula is C32H24FN5O2S. The molecule has 1 fully saturated rings. The molecule has 4 aromatic carbocycles. The molecular weight excluding hydrogens is 537 g/mol. The Morgan fingerprint density at radius 1 is 0.829 bits per heavy atom. The maximum atomic E-state index is 13.6. The van der Waals surface area contributed by atoms with Gasteiger partial charge < -0.3 is 4.57 Å².